The monoisotopic (exact) mass is 2740 g/mol. The van der Waals surface area contributed by atoms with Gasteiger partial charge < -0.3 is 39.9 Å². The molecule has 0 bridgehead atoms. The minimum atomic E-state index is -1.96. The predicted octanol–water partition coefficient (Wildman–Crippen LogP) is 13.4. The van der Waals surface area contributed by atoms with Gasteiger partial charge in [0.2, 0.25) is 0 Å². The molecule has 8 aliphatic rings. The Bertz CT molecular complexity index is 6480. The minimum absolute atomic E-state index is 0. The number of ketones is 2. The van der Waals surface area contributed by atoms with Crippen molar-refractivity contribution in [2.75, 3.05) is 9.80 Å². The fraction of sp³-hybridized carbons (Fsp3) is 0.175. The van der Waals surface area contributed by atoms with Gasteiger partial charge in [-0.1, -0.05) is 301 Å². The first-order valence-corrected chi connectivity index (χ1v) is 73.8. The molecule has 28 heteroatoms. The van der Waals surface area contributed by atoms with E-state index in [1.54, 1.807) is 113 Å². The van der Waals surface area contributed by atoms with Crippen LogP contribution in [0.5, 0.6) is 0 Å². The number of fused-ring (bicyclic) bond motifs is 16. The van der Waals surface area contributed by atoms with Gasteiger partial charge >= 0.3 is 0 Å². The zero-order valence-corrected chi connectivity index (χ0v) is 103. The third-order valence-electron chi connectivity index (χ3n) is 29.0. The van der Waals surface area contributed by atoms with E-state index in [0.29, 0.717) is 0 Å². The number of benzene rings is 12. The molecule has 0 saturated carbocycles. The van der Waals surface area contributed by atoms with Gasteiger partial charge in [-0.05, 0) is 126 Å². The summed E-state index contributed by atoms with van der Waals surface area (Å²) in [6.07, 6.45) is 23.9. The zero-order chi connectivity index (χ0) is 97.2. The number of aliphatic hydroxyl groups excluding tert-OH is 2. The van der Waals surface area contributed by atoms with Gasteiger partial charge in [0.1, 0.15) is 0 Å². The second-order valence-electron chi connectivity index (χ2n) is 40.9. The number of para-hydroxylation sites is 4. The van der Waals surface area contributed by atoms with Gasteiger partial charge in [0, 0.05) is 212 Å². The molecule has 12 heterocycles. The summed E-state index contributed by atoms with van der Waals surface area (Å²) in [6, 6.07) is 98.0. The smallest absolute Gasteiger partial charge is 0.155 e. The number of hydrogen-bond acceptors (Lipinski definition) is 14. The van der Waals surface area contributed by atoms with Crippen molar-refractivity contribution in [3.63, 3.8) is 0 Å². The molecule has 16 aromatic rings. The summed E-state index contributed by atoms with van der Waals surface area (Å²) in [6.45, 7) is 45.5. The molecule has 0 spiro atoms. The fourth-order valence-electron chi connectivity index (χ4n) is 22.0. The van der Waals surface area contributed by atoms with Gasteiger partial charge in [-0.2, -0.15) is 0 Å². The van der Waals surface area contributed by atoms with Crippen LogP contribution in [0.2, 0.25) is 105 Å². The number of carbonyl (C=O) groups is 2. The molecule has 4 radical (unpaired) electrons. The number of rotatable bonds is 6. The molecular weight excluding hydrogens is 2630 g/mol. The van der Waals surface area contributed by atoms with Crippen molar-refractivity contribution in [2.45, 2.75) is 132 Å². The van der Waals surface area contributed by atoms with Crippen molar-refractivity contribution < 1.29 is 100 Å². The van der Waals surface area contributed by atoms with Crippen LogP contribution in [0.15, 0.2) is 316 Å². The van der Waals surface area contributed by atoms with E-state index in [0.717, 1.165) is 45.0 Å². The molecule has 142 heavy (non-hydrogen) atoms. The first-order chi connectivity index (χ1) is 65.9. The van der Waals surface area contributed by atoms with Crippen molar-refractivity contribution >= 4 is 241 Å². The Hall–Kier alpha value is -9.83. The summed E-state index contributed by atoms with van der Waals surface area (Å²) in [7, 11) is -16.4. The van der Waals surface area contributed by atoms with E-state index in [2.05, 4.69) is 397 Å². The predicted molar refractivity (Wildman–Crippen MR) is 600 cm³/mol. The number of anilines is 6. The fourth-order valence-corrected chi connectivity index (χ4v) is 59.4. The van der Waals surface area contributed by atoms with E-state index in [1.807, 2.05) is 24.8 Å². The van der Waals surface area contributed by atoms with Crippen LogP contribution in [0.1, 0.15) is 27.7 Å². The number of hydrogen-bond donors (Lipinski definition) is 2. The molecule has 12 aromatic carbocycles. The normalized spacial score (nSPS) is 16.8. The Morgan fingerprint density at radius 1 is 0.275 bits per heavy atom. The quantitative estimate of drug-likeness (QED) is 0.0527. The first-order valence-electron chi connectivity index (χ1n) is 47.1. The first kappa shape index (κ1) is 106. The molecule has 0 amide bonds. The molecule has 2 N–H and O–H groups in total. The molecule has 24 rings (SSSR count). The summed E-state index contributed by atoms with van der Waals surface area (Å²) in [5, 5.41) is 50.4. The molecule has 724 valence electrons. The summed E-state index contributed by atoms with van der Waals surface area (Å²) >= 11 is 0. The molecule has 14 nitrogen and oxygen atoms in total. The maximum absolute atomic E-state index is 10.0. The maximum Gasteiger partial charge on any atom is 0.155 e. The molecule has 0 aliphatic carbocycles. The number of allylic oxidation sites excluding steroid dienone is 4. The van der Waals surface area contributed by atoms with Gasteiger partial charge in [0.05, 0.1) is 76.1 Å². The van der Waals surface area contributed by atoms with Gasteiger partial charge in [-0.25, -0.2) is 0 Å². The third-order valence-corrected chi connectivity index (χ3v) is 63.6. The van der Waals surface area contributed by atoms with Gasteiger partial charge in [0.25, 0.3) is 0 Å². The van der Waals surface area contributed by atoms with Crippen molar-refractivity contribution in [1.29, 1.82) is 0 Å². The zero-order valence-electron chi connectivity index (χ0n) is 83.3. The second-order valence-corrected chi connectivity index (χ2v) is 79.5. The Morgan fingerprint density at radius 2 is 0.486 bits per heavy atom. The Morgan fingerprint density at radius 3 is 0.725 bits per heavy atom. The van der Waals surface area contributed by atoms with E-state index in [1.165, 1.54) is 126 Å². The Balaban J connectivity index is 0.000000135. The van der Waals surface area contributed by atoms with Crippen LogP contribution in [0.25, 0.3) is 45.0 Å². The summed E-state index contributed by atoms with van der Waals surface area (Å²) in [5.41, 5.74) is 16.2. The number of carbonyl (C=O) groups excluding carboxylic acids is 2. The summed E-state index contributed by atoms with van der Waals surface area (Å²) in [4.78, 5) is 60.9. The van der Waals surface area contributed by atoms with E-state index in [4.69, 9.17) is 10.2 Å². The van der Waals surface area contributed by atoms with E-state index in [9.17, 15) is 9.59 Å². The molecular formula is C114H112Ir4N10O4P2Si8-4. The number of aromatic nitrogens is 8. The average Bonchev–Trinajstić information content (AvgIpc) is 0.701. The summed E-state index contributed by atoms with van der Waals surface area (Å²) < 4.78 is 0. The van der Waals surface area contributed by atoms with Crippen LogP contribution < -0.4 is 125 Å². The van der Waals surface area contributed by atoms with E-state index >= 15 is 0 Å². The molecule has 0 saturated heterocycles. The van der Waals surface area contributed by atoms with Crippen molar-refractivity contribution in [3.8, 4) is 45.0 Å². The minimum Gasteiger partial charge on any atom is -0.512 e. The van der Waals surface area contributed by atoms with Crippen LogP contribution in [0, 0.1) is 24.3 Å². The van der Waals surface area contributed by atoms with Crippen LogP contribution in [0.3, 0.4) is 0 Å². The number of aliphatic hydroxyl groups is 2. The molecule has 2 unspecified atom stereocenters. The van der Waals surface area contributed by atoms with Crippen LogP contribution in [0.4, 0.5) is 34.1 Å². The Labute approximate surface area is 900 Å². The molecule has 8 aliphatic heterocycles. The van der Waals surface area contributed by atoms with Crippen LogP contribution in [-0.2, 0) is 90.0 Å². The van der Waals surface area contributed by atoms with Crippen LogP contribution >= 0.6 is 15.8 Å². The second kappa shape index (κ2) is 41.2. The summed E-state index contributed by atoms with van der Waals surface area (Å²) in [5.74, 6) is -0.125. The third kappa shape index (κ3) is 18.6. The average molecular weight is 2740 g/mol. The van der Waals surface area contributed by atoms with Crippen LogP contribution in [-0.4, -0.2) is 126 Å². The topological polar surface area (TPSA) is 184 Å². The van der Waals surface area contributed by atoms with E-state index < -0.39 is 80.4 Å². The van der Waals surface area contributed by atoms with Gasteiger partial charge in [-0.15, -0.1) is 112 Å². The standard InChI is InChI=1S/2C26H24N3Si2.2C26H24N2PSi2.2C5H8O2.4Ir/c4*1-30(2)22-11-7-5-9-20(22)29-21-10-6-8-12-23(21)31(3,4)25-16-18(15-24(30)26(25)29)19-17-27-13-14-28-19;2*1-4(6)3-5(2)7;;;;/h4*5-15,17H,1-4H3;2*3,6H,1-2H3;;;;/q4*-1;;;;;;. The van der Waals surface area contributed by atoms with Gasteiger partial charge in [0.15, 0.2) is 11.6 Å². The molecule has 4 aromatic heterocycles. The van der Waals surface area contributed by atoms with Crippen molar-refractivity contribution in [1.82, 2.24) is 39.9 Å². The molecule has 0 fully saturated rings. The van der Waals surface area contributed by atoms with E-state index in [-0.39, 0.29) is 104 Å². The SMILES string of the molecule is CC(=O)C=C(C)O.CC(=O)C=C(C)O.C[Si]1(C)c2[c-]c(-c3cnccn3)cc3c2N(c2ccccc21)c1ccccc1[Si]3(C)C.C[Si]1(C)c2[c-]c(-c3cnccn3)cc3c2N(c2ccccc21)c1ccccc1[Si]3(C)C.C[Si]1(C)c2[c-]c(-c3cnccn3)cc3c2P(c2ccccc21)c1ccccc1[Si]3(C)C.C[Si]1(C)c2[c-]c(-c3cnccn3)cc3c2P(c2ccccc21)c1ccccc1[Si]3(C)C.[Ir].[Ir].[Ir].[Ir]. The maximum atomic E-state index is 10.0. The largest absolute Gasteiger partial charge is 0.512 e. The number of nitrogens with zero attached hydrogens (tertiary/aromatic N) is 10. The Kier molecular flexibility index (Phi) is 30.9. The van der Waals surface area contributed by atoms with Gasteiger partial charge in [-0.3, -0.25) is 29.5 Å². The van der Waals surface area contributed by atoms with Crippen molar-refractivity contribution in [2.24, 2.45) is 0 Å². The van der Waals surface area contributed by atoms with Crippen molar-refractivity contribution in [3.05, 3.63) is 341 Å². The molecule has 2 atom stereocenters.